The van der Waals surface area contributed by atoms with Crippen molar-refractivity contribution in [3.05, 3.63) is 95.2 Å². The summed E-state index contributed by atoms with van der Waals surface area (Å²) in [4.78, 5) is 34.1. The third-order valence-electron chi connectivity index (χ3n) is 8.36. The first-order valence-corrected chi connectivity index (χ1v) is 14.7. The van der Waals surface area contributed by atoms with Crippen LogP contribution in [-0.2, 0) is 22.0 Å². The van der Waals surface area contributed by atoms with Crippen LogP contribution in [-0.4, -0.2) is 46.1 Å². The molecule has 2 aromatic heterocycles. The fourth-order valence-electron chi connectivity index (χ4n) is 5.32. The number of halogens is 4. The number of hydrogen-bond acceptors (Lipinski definition) is 7. The van der Waals surface area contributed by atoms with E-state index in [1.165, 1.54) is 67.7 Å². The first-order valence-electron chi connectivity index (χ1n) is 14.7. The van der Waals surface area contributed by atoms with Gasteiger partial charge in [-0.2, -0.15) is 13.2 Å². The normalized spacial score (nSPS) is 18.5. The van der Waals surface area contributed by atoms with Gasteiger partial charge in [0.25, 0.3) is 5.91 Å². The van der Waals surface area contributed by atoms with Crippen LogP contribution in [0.3, 0.4) is 0 Å². The Hall–Kier alpha value is -5.04. The van der Waals surface area contributed by atoms with Crippen molar-refractivity contribution in [1.82, 2.24) is 15.3 Å². The minimum atomic E-state index is -4.71. The third kappa shape index (κ3) is 6.22. The van der Waals surface area contributed by atoms with Gasteiger partial charge in [-0.05, 0) is 81.3 Å². The van der Waals surface area contributed by atoms with E-state index >= 15 is 0 Å². The summed E-state index contributed by atoms with van der Waals surface area (Å²) in [5.41, 5.74) is 2.68. The summed E-state index contributed by atoms with van der Waals surface area (Å²) in [6, 6.07) is 12.3. The molecule has 244 valence electrons. The minimum absolute atomic E-state index is 0.0208. The maximum Gasteiger partial charge on any atom is 0.418 e. The molecule has 13 heteroatoms. The topological polar surface area (TPSA) is 137 Å². The number of amides is 2. The zero-order valence-corrected chi connectivity index (χ0v) is 25.3. The summed E-state index contributed by atoms with van der Waals surface area (Å²) in [5, 5.41) is 14.2. The highest BCUT2D eigenvalue weighted by atomic mass is 19.4. The van der Waals surface area contributed by atoms with Gasteiger partial charge < -0.3 is 25.6 Å². The highest BCUT2D eigenvalue weighted by Crippen LogP contribution is 2.46. The van der Waals surface area contributed by atoms with Gasteiger partial charge in [-0.1, -0.05) is 0 Å². The van der Waals surface area contributed by atoms with Crippen LogP contribution in [0, 0.1) is 5.82 Å². The molecule has 1 fully saturated rings. The molecule has 2 atom stereocenters. The molecule has 1 aliphatic heterocycles. The van der Waals surface area contributed by atoms with Crippen molar-refractivity contribution >= 4 is 11.8 Å². The van der Waals surface area contributed by atoms with Gasteiger partial charge in [-0.25, -0.2) is 9.37 Å². The number of aliphatic hydroxyl groups is 1. The Morgan fingerprint density at radius 3 is 2.49 bits per heavy atom. The Balaban J connectivity index is 1.32. The molecule has 0 unspecified atom stereocenters. The molecule has 6 rings (SSSR count). The van der Waals surface area contributed by atoms with Crippen LogP contribution in [0.1, 0.15) is 53.9 Å². The smallest absolute Gasteiger partial charge is 0.418 e. The number of rotatable bonds is 9. The quantitative estimate of drug-likeness (QED) is 0.210. The molecule has 0 saturated heterocycles. The van der Waals surface area contributed by atoms with E-state index < -0.39 is 40.4 Å². The van der Waals surface area contributed by atoms with E-state index in [0.29, 0.717) is 11.1 Å². The van der Waals surface area contributed by atoms with Crippen LogP contribution < -0.4 is 20.5 Å². The summed E-state index contributed by atoms with van der Waals surface area (Å²) in [5.74, 6) is -1.37. The molecule has 2 amide bonds. The van der Waals surface area contributed by atoms with Crippen molar-refractivity contribution in [3.8, 4) is 33.9 Å². The lowest BCUT2D eigenvalue weighted by atomic mass is 9.82. The highest BCUT2D eigenvalue weighted by molar-refractivity contribution is 5.96. The van der Waals surface area contributed by atoms with Crippen LogP contribution >= 0.6 is 0 Å². The number of pyridine rings is 2. The maximum absolute atomic E-state index is 13.9. The standard InChI is InChI=1S/C34H30F4N4O5/c1-32(31(39)44)17-46-29-24(32)14-27(42-28(29)18-3-6-20(35)7-4-18)33(2,45)16-41-30(43)19-5-10-26(47-21-8-9-21)23(13-19)22-11-12-40-15-25(22)34(36,37)38/h3-7,10-15,21,45H,8-9,16-17H2,1-2H3,(H2,39,44)(H,41,43)/t32-,33-/m0/s1. The summed E-state index contributed by atoms with van der Waals surface area (Å²) in [7, 11) is 0. The van der Waals surface area contributed by atoms with Gasteiger partial charge >= 0.3 is 6.18 Å². The first kappa shape index (κ1) is 31.9. The maximum atomic E-state index is 13.9. The number of carbonyl (C=O) groups is 2. The molecule has 4 aromatic rings. The number of nitrogens with two attached hydrogens (primary N) is 1. The van der Waals surface area contributed by atoms with Gasteiger partial charge in [0.05, 0.1) is 23.9 Å². The van der Waals surface area contributed by atoms with Gasteiger partial charge in [0.2, 0.25) is 5.91 Å². The molecule has 3 heterocycles. The van der Waals surface area contributed by atoms with E-state index in [1.54, 1.807) is 6.92 Å². The lowest BCUT2D eigenvalue weighted by Gasteiger charge is -2.26. The number of alkyl halides is 3. The van der Waals surface area contributed by atoms with E-state index in [-0.39, 0.29) is 58.8 Å². The first-order chi connectivity index (χ1) is 22.2. The lowest BCUT2D eigenvalue weighted by Crippen LogP contribution is -2.41. The molecule has 0 bridgehead atoms. The monoisotopic (exact) mass is 650 g/mol. The minimum Gasteiger partial charge on any atom is -0.490 e. The van der Waals surface area contributed by atoms with E-state index in [4.69, 9.17) is 15.2 Å². The number of aromatic nitrogens is 2. The fourth-order valence-corrected chi connectivity index (χ4v) is 5.32. The van der Waals surface area contributed by atoms with Crippen molar-refractivity contribution in [2.75, 3.05) is 13.2 Å². The Morgan fingerprint density at radius 1 is 1.11 bits per heavy atom. The van der Waals surface area contributed by atoms with Crippen molar-refractivity contribution in [2.45, 2.75) is 50.0 Å². The Labute approximate surface area is 266 Å². The van der Waals surface area contributed by atoms with Gasteiger partial charge in [0, 0.05) is 40.2 Å². The van der Waals surface area contributed by atoms with Crippen LogP contribution in [0.2, 0.25) is 0 Å². The average Bonchev–Trinajstić information content (AvgIpc) is 3.79. The SMILES string of the molecule is C[C@](O)(CNC(=O)c1ccc(OC2CC2)c(-c2ccncc2C(F)(F)F)c1)c1cc2c(c(-c3ccc(F)cc3)n1)OC[C@]2(C)C(N)=O. The average molecular weight is 651 g/mol. The number of hydrogen-bond donors (Lipinski definition) is 3. The number of benzene rings is 2. The number of fused-ring (bicyclic) bond motifs is 1. The van der Waals surface area contributed by atoms with Gasteiger partial charge in [-0.3, -0.25) is 14.6 Å². The van der Waals surface area contributed by atoms with E-state index in [2.05, 4.69) is 15.3 Å². The molecule has 1 aliphatic carbocycles. The van der Waals surface area contributed by atoms with E-state index in [0.717, 1.165) is 19.0 Å². The lowest BCUT2D eigenvalue weighted by molar-refractivity contribution is -0.137. The van der Waals surface area contributed by atoms with Crippen molar-refractivity contribution < 1.29 is 41.7 Å². The molecule has 47 heavy (non-hydrogen) atoms. The van der Waals surface area contributed by atoms with E-state index in [1.807, 2.05) is 0 Å². The molecule has 2 aromatic carbocycles. The molecular weight excluding hydrogens is 620 g/mol. The number of carbonyl (C=O) groups excluding carboxylic acids is 2. The van der Waals surface area contributed by atoms with Crippen LogP contribution in [0.4, 0.5) is 17.6 Å². The second kappa shape index (κ2) is 11.6. The largest absolute Gasteiger partial charge is 0.490 e. The molecule has 2 aliphatic rings. The third-order valence-corrected chi connectivity index (χ3v) is 8.36. The predicted octanol–water partition coefficient (Wildman–Crippen LogP) is 5.28. The Bertz CT molecular complexity index is 1880. The number of nitrogens with zero attached hydrogens (tertiary/aromatic N) is 2. The second-order valence-electron chi connectivity index (χ2n) is 12.1. The highest BCUT2D eigenvalue weighted by Gasteiger charge is 2.45. The number of ether oxygens (including phenoxy) is 2. The Kier molecular flexibility index (Phi) is 7.91. The molecule has 4 N–H and O–H groups in total. The summed E-state index contributed by atoms with van der Waals surface area (Å²) in [6.07, 6.45) is -1.34. The zero-order chi connectivity index (χ0) is 33.7. The molecular formula is C34H30F4N4O5. The zero-order valence-electron chi connectivity index (χ0n) is 25.3. The molecule has 1 saturated carbocycles. The van der Waals surface area contributed by atoms with Crippen molar-refractivity contribution in [3.63, 3.8) is 0 Å². The van der Waals surface area contributed by atoms with Crippen molar-refractivity contribution in [1.29, 1.82) is 0 Å². The summed E-state index contributed by atoms with van der Waals surface area (Å²) in [6.45, 7) is 2.54. The van der Waals surface area contributed by atoms with Gasteiger partial charge in [0.15, 0.2) is 0 Å². The summed E-state index contributed by atoms with van der Waals surface area (Å²) >= 11 is 0. The van der Waals surface area contributed by atoms with Gasteiger partial charge in [-0.15, -0.1) is 0 Å². The summed E-state index contributed by atoms with van der Waals surface area (Å²) < 4.78 is 67.1. The Morgan fingerprint density at radius 2 is 1.83 bits per heavy atom. The van der Waals surface area contributed by atoms with E-state index in [9.17, 15) is 32.3 Å². The molecule has 0 spiro atoms. The second-order valence-corrected chi connectivity index (χ2v) is 12.1. The van der Waals surface area contributed by atoms with Crippen LogP contribution in [0.5, 0.6) is 11.5 Å². The van der Waals surface area contributed by atoms with Crippen molar-refractivity contribution in [2.24, 2.45) is 5.73 Å². The van der Waals surface area contributed by atoms with Crippen LogP contribution in [0.15, 0.2) is 67.0 Å². The fraction of sp³-hybridized carbons (Fsp3) is 0.294. The van der Waals surface area contributed by atoms with Crippen LogP contribution in [0.25, 0.3) is 22.4 Å². The predicted molar refractivity (Wildman–Crippen MR) is 162 cm³/mol. The number of nitrogens with one attached hydrogen (secondary N) is 1. The molecule has 0 radical (unpaired) electrons. The number of primary amides is 1. The van der Waals surface area contributed by atoms with Gasteiger partial charge in [0.1, 0.15) is 40.6 Å². The molecule has 9 nitrogen and oxygen atoms in total.